The van der Waals surface area contributed by atoms with Gasteiger partial charge >= 0.3 is 12.3 Å². The number of nitrogens with one attached hydrogen (secondary N) is 2. The molecule has 0 bridgehead atoms. The molecule has 1 rings (SSSR count). The number of H-pyrrole nitrogens is 1. The molecule has 0 aliphatic rings. The molecule has 0 unspecified atom stereocenters. The van der Waals surface area contributed by atoms with Crippen molar-refractivity contribution in [2.45, 2.75) is 25.2 Å². The van der Waals surface area contributed by atoms with E-state index in [4.69, 9.17) is 0 Å². The summed E-state index contributed by atoms with van der Waals surface area (Å²) in [7, 11) is 0. The lowest BCUT2D eigenvalue weighted by Gasteiger charge is -2.14. The van der Waals surface area contributed by atoms with Crippen molar-refractivity contribution in [1.82, 2.24) is 15.3 Å². The van der Waals surface area contributed by atoms with Crippen molar-refractivity contribution in [3.63, 3.8) is 0 Å². The third kappa shape index (κ3) is 3.72. The van der Waals surface area contributed by atoms with Gasteiger partial charge in [0.1, 0.15) is 5.82 Å². The van der Waals surface area contributed by atoms with E-state index in [2.05, 4.69) is 9.97 Å². The van der Waals surface area contributed by atoms with E-state index >= 15 is 0 Å². The fourth-order valence-corrected chi connectivity index (χ4v) is 1.11. The smallest absolute Gasteiger partial charge is 0.351 e. The van der Waals surface area contributed by atoms with Crippen LogP contribution in [0.25, 0.3) is 0 Å². The van der Waals surface area contributed by atoms with E-state index in [1.165, 1.54) is 6.20 Å². The van der Waals surface area contributed by atoms with Gasteiger partial charge in [-0.05, 0) is 6.42 Å². The highest BCUT2D eigenvalue weighted by Gasteiger charge is 2.48. The third-order valence-electron chi connectivity index (χ3n) is 2.01. The molecular weight excluding hydrogens is 242 g/mol. The van der Waals surface area contributed by atoms with Crippen LogP contribution in [0.4, 0.5) is 17.6 Å². The van der Waals surface area contributed by atoms with Gasteiger partial charge in [0.15, 0.2) is 0 Å². The van der Waals surface area contributed by atoms with Gasteiger partial charge in [0, 0.05) is 25.4 Å². The number of imidazole rings is 1. The van der Waals surface area contributed by atoms with Crippen molar-refractivity contribution in [2.24, 2.45) is 0 Å². The van der Waals surface area contributed by atoms with Crippen LogP contribution in [0.5, 0.6) is 0 Å². The molecule has 0 aromatic carbocycles. The summed E-state index contributed by atoms with van der Waals surface area (Å²) >= 11 is 0. The largest absolute Gasteiger partial charge is 0.383 e. The number of aromatic nitrogens is 2. The van der Waals surface area contributed by atoms with Gasteiger partial charge in [-0.25, -0.2) is 13.8 Å². The highest BCUT2D eigenvalue weighted by Crippen LogP contribution is 2.22. The Morgan fingerprint density at radius 2 is 2.24 bits per heavy atom. The van der Waals surface area contributed by atoms with Gasteiger partial charge in [0.05, 0.1) is 0 Å². The number of halogens is 4. The average Bonchev–Trinajstić information content (AvgIpc) is 2.76. The zero-order chi connectivity index (χ0) is 12.9. The Balaban J connectivity index is 2.25. The Morgan fingerprint density at radius 1 is 1.53 bits per heavy atom. The first-order chi connectivity index (χ1) is 7.94. The Hall–Kier alpha value is -1.60. The lowest BCUT2D eigenvalue weighted by molar-refractivity contribution is -0.169. The minimum atomic E-state index is -4.63. The molecule has 0 saturated heterocycles. The second-order valence-corrected chi connectivity index (χ2v) is 3.32. The zero-order valence-corrected chi connectivity index (χ0v) is 8.72. The predicted molar refractivity (Wildman–Crippen MR) is 50.9 cm³/mol. The van der Waals surface area contributed by atoms with Crippen LogP contribution in [0, 0.1) is 0 Å². The summed E-state index contributed by atoms with van der Waals surface area (Å²) in [6, 6.07) is 0. The maximum atomic E-state index is 12.5. The van der Waals surface area contributed by atoms with Crippen LogP contribution in [-0.2, 0) is 11.2 Å². The summed E-state index contributed by atoms with van der Waals surface area (Å²) in [5.74, 6) is -5.95. The molecule has 0 aliphatic carbocycles. The average molecular weight is 253 g/mol. The summed E-state index contributed by atoms with van der Waals surface area (Å²) in [5.41, 5.74) is 0. The fourth-order valence-electron chi connectivity index (χ4n) is 1.11. The van der Waals surface area contributed by atoms with Crippen molar-refractivity contribution in [3.05, 3.63) is 18.2 Å². The molecule has 0 saturated carbocycles. The van der Waals surface area contributed by atoms with Crippen molar-refractivity contribution in [2.75, 3.05) is 6.54 Å². The number of aryl methyl sites for hydroxylation is 1. The Labute approximate surface area is 94.4 Å². The maximum Gasteiger partial charge on any atom is 0.383 e. The molecule has 0 fully saturated rings. The first-order valence-corrected chi connectivity index (χ1v) is 4.87. The van der Waals surface area contributed by atoms with E-state index in [0.29, 0.717) is 18.7 Å². The molecule has 1 aromatic heterocycles. The second-order valence-electron chi connectivity index (χ2n) is 3.32. The molecule has 17 heavy (non-hydrogen) atoms. The van der Waals surface area contributed by atoms with Crippen LogP contribution in [0.15, 0.2) is 12.4 Å². The monoisotopic (exact) mass is 253 g/mol. The van der Waals surface area contributed by atoms with Gasteiger partial charge in [-0.1, -0.05) is 0 Å². The number of hydrogen-bond acceptors (Lipinski definition) is 2. The maximum absolute atomic E-state index is 12.5. The number of carbonyl (C=O) groups is 1. The summed E-state index contributed by atoms with van der Waals surface area (Å²) < 4.78 is 48.5. The topological polar surface area (TPSA) is 57.8 Å². The van der Waals surface area contributed by atoms with E-state index in [-0.39, 0.29) is 6.54 Å². The highest BCUT2D eigenvalue weighted by atomic mass is 19.3. The van der Waals surface area contributed by atoms with Gasteiger partial charge in [-0.2, -0.15) is 8.78 Å². The van der Waals surface area contributed by atoms with Gasteiger partial charge in [0.25, 0.3) is 5.91 Å². The van der Waals surface area contributed by atoms with Crippen LogP contribution >= 0.6 is 0 Å². The summed E-state index contributed by atoms with van der Waals surface area (Å²) in [4.78, 5) is 17.4. The number of aromatic amines is 1. The van der Waals surface area contributed by atoms with Gasteiger partial charge in [-0.15, -0.1) is 0 Å². The first kappa shape index (κ1) is 13.5. The predicted octanol–water partition coefficient (Wildman–Crippen LogP) is 1.36. The van der Waals surface area contributed by atoms with Crippen LogP contribution < -0.4 is 5.32 Å². The normalized spacial score (nSPS) is 11.8. The quantitative estimate of drug-likeness (QED) is 0.594. The molecule has 8 heteroatoms. The van der Waals surface area contributed by atoms with Crippen LogP contribution in [-0.4, -0.2) is 34.8 Å². The van der Waals surface area contributed by atoms with E-state index in [1.54, 1.807) is 11.5 Å². The summed E-state index contributed by atoms with van der Waals surface area (Å²) in [5, 5.41) is 1.76. The number of amides is 1. The van der Waals surface area contributed by atoms with Crippen LogP contribution in [0.2, 0.25) is 0 Å². The highest BCUT2D eigenvalue weighted by molar-refractivity contribution is 5.83. The molecule has 0 spiro atoms. The van der Waals surface area contributed by atoms with Crippen molar-refractivity contribution in [1.29, 1.82) is 0 Å². The standard InChI is InChI=1S/C9H11F4N3O/c10-7(11)9(12,13)8(17)16-3-1-2-6-14-4-5-15-6/h4-5,7H,1-3H2,(H,14,15)(H,16,17). The number of hydrogen-bond donors (Lipinski definition) is 2. The SMILES string of the molecule is O=C(NCCCc1ncc[nH]1)C(F)(F)C(F)F. The minimum absolute atomic E-state index is 0.109. The van der Waals surface area contributed by atoms with Gasteiger partial charge in [-0.3, -0.25) is 4.79 Å². The van der Waals surface area contributed by atoms with E-state index in [0.717, 1.165) is 0 Å². The van der Waals surface area contributed by atoms with E-state index < -0.39 is 18.3 Å². The molecule has 1 aromatic rings. The molecule has 0 radical (unpaired) electrons. The Kier molecular flexibility index (Phi) is 4.47. The van der Waals surface area contributed by atoms with Gasteiger partial charge in [0.2, 0.25) is 0 Å². The second kappa shape index (κ2) is 5.65. The van der Waals surface area contributed by atoms with Crippen molar-refractivity contribution >= 4 is 5.91 Å². The van der Waals surface area contributed by atoms with E-state index in [1.807, 2.05) is 0 Å². The number of carbonyl (C=O) groups excluding carboxylic acids is 1. The summed E-state index contributed by atoms with van der Waals surface area (Å²) in [6.07, 6.45) is -0.100. The fraction of sp³-hybridized carbons (Fsp3) is 0.556. The lowest BCUT2D eigenvalue weighted by atomic mass is 10.2. The zero-order valence-electron chi connectivity index (χ0n) is 8.72. The molecule has 0 aliphatic heterocycles. The Bertz CT molecular complexity index is 353. The minimum Gasteiger partial charge on any atom is -0.351 e. The number of rotatable bonds is 6. The molecule has 4 nitrogen and oxygen atoms in total. The first-order valence-electron chi connectivity index (χ1n) is 4.87. The lowest BCUT2D eigenvalue weighted by Crippen LogP contribution is -2.45. The molecule has 1 heterocycles. The molecule has 1 amide bonds. The molecule has 2 N–H and O–H groups in total. The van der Waals surface area contributed by atoms with Crippen LogP contribution in [0.3, 0.4) is 0 Å². The number of alkyl halides is 4. The van der Waals surface area contributed by atoms with Crippen molar-refractivity contribution < 1.29 is 22.4 Å². The van der Waals surface area contributed by atoms with Gasteiger partial charge < -0.3 is 10.3 Å². The molecule has 0 atom stereocenters. The van der Waals surface area contributed by atoms with Crippen LogP contribution in [0.1, 0.15) is 12.2 Å². The Morgan fingerprint density at radius 3 is 2.76 bits per heavy atom. The summed E-state index contributed by atoms with van der Waals surface area (Å²) in [6.45, 7) is -0.109. The molecular formula is C9H11F4N3O. The third-order valence-corrected chi connectivity index (χ3v) is 2.01. The number of nitrogens with zero attached hydrogens (tertiary/aromatic N) is 1. The molecule has 96 valence electrons. The van der Waals surface area contributed by atoms with Crippen molar-refractivity contribution in [3.8, 4) is 0 Å². The van der Waals surface area contributed by atoms with E-state index in [9.17, 15) is 22.4 Å².